The summed E-state index contributed by atoms with van der Waals surface area (Å²) in [6.07, 6.45) is 1.54. The number of thioether (sulfide) groups is 1. The highest BCUT2D eigenvalue weighted by atomic mass is 32.2. The minimum atomic E-state index is -1.03. The van der Waals surface area contributed by atoms with E-state index in [1.807, 2.05) is 0 Å². The lowest BCUT2D eigenvalue weighted by molar-refractivity contribution is -0.145. The van der Waals surface area contributed by atoms with Crippen molar-refractivity contribution in [2.45, 2.75) is 30.7 Å². The molecule has 0 aromatic heterocycles. The maximum Gasteiger partial charge on any atom is 0.326 e. The number of aliphatic carboxylic acids is 1. The molecule has 0 radical (unpaired) electrons. The molecule has 2 N–H and O–H groups in total. The van der Waals surface area contributed by atoms with Crippen LogP contribution in [0.5, 0.6) is 0 Å². The van der Waals surface area contributed by atoms with Crippen molar-refractivity contribution in [3.05, 3.63) is 30.1 Å². The van der Waals surface area contributed by atoms with Crippen LogP contribution in [0.4, 0.5) is 4.39 Å². The van der Waals surface area contributed by atoms with Gasteiger partial charge in [-0.1, -0.05) is 6.92 Å². The normalized spacial score (nSPS) is 20.2. The van der Waals surface area contributed by atoms with Crippen LogP contribution in [0.2, 0.25) is 0 Å². The third-order valence-corrected chi connectivity index (χ3v) is 5.26. The van der Waals surface area contributed by atoms with E-state index in [0.717, 1.165) is 17.7 Å². The molecule has 1 saturated heterocycles. The average Bonchev–Trinajstić information content (AvgIpc) is 2.59. The number of hydrogen-bond donors (Lipinski definition) is 2. The molecule has 0 spiro atoms. The standard InChI is InChI=1S/C17H22FNO4S/c1-11(10-24-14-6-4-13(18)5-7-14)16(20)19-15(17(21)22)12-3-2-8-23-9-12/h4-7,11-12,15H,2-3,8-10H2,1H3,(H,19,20)(H,21,22). The zero-order valence-electron chi connectivity index (χ0n) is 13.5. The maximum absolute atomic E-state index is 12.9. The lowest BCUT2D eigenvalue weighted by atomic mass is 9.93. The maximum atomic E-state index is 12.9. The van der Waals surface area contributed by atoms with Crippen LogP contribution in [-0.4, -0.2) is 42.0 Å². The summed E-state index contributed by atoms with van der Waals surface area (Å²) in [6, 6.07) is 5.14. The number of carbonyl (C=O) groups is 2. The molecule has 7 heteroatoms. The van der Waals surface area contributed by atoms with Crippen molar-refractivity contribution in [1.82, 2.24) is 5.32 Å². The molecule has 0 bridgehead atoms. The largest absolute Gasteiger partial charge is 0.480 e. The Labute approximate surface area is 145 Å². The van der Waals surface area contributed by atoms with E-state index in [2.05, 4.69) is 5.32 Å². The summed E-state index contributed by atoms with van der Waals surface area (Å²) in [6.45, 7) is 2.75. The Morgan fingerprint density at radius 3 is 2.71 bits per heavy atom. The van der Waals surface area contributed by atoms with Crippen LogP contribution in [0.25, 0.3) is 0 Å². The van der Waals surface area contributed by atoms with Crippen molar-refractivity contribution < 1.29 is 23.8 Å². The summed E-state index contributed by atoms with van der Waals surface area (Å²) < 4.78 is 18.2. The Hall–Kier alpha value is -1.60. The van der Waals surface area contributed by atoms with E-state index in [1.165, 1.54) is 23.9 Å². The smallest absolute Gasteiger partial charge is 0.326 e. The van der Waals surface area contributed by atoms with Gasteiger partial charge in [-0.05, 0) is 37.1 Å². The number of carboxylic acid groups (broad SMARTS) is 1. The number of hydrogen-bond acceptors (Lipinski definition) is 4. The third kappa shape index (κ3) is 5.49. The van der Waals surface area contributed by atoms with E-state index in [4.69, 9.17) is 4.74 Å². The molecule has 1 aliphatic rings. The molecular weight excluding hydrogens is 333 g/mol. The van der Waals surface area contributed by atoms with Crippen molar-refractivity contribution in [1.29, 1.82) is 0 Å². The van der Waals surface area contributed by atoms with Crippen LogP contribution in [0, 0.1) is 17.7 Å². The molecule has 5 nitrogen and oxygen atoms in total. The fourth-order valence-corrected chi connectivity index (χ4v) is 3.46. The van der Waals surface area contributed by atoms with Crippen LogP contribution in [-0.2, 0) is 14.3 Å². The lowest BCUT2D eigenvalue weighted by Crippen LogP contribution is -2.50. The van der Waals surface area contributed by atoms with Crippen molar-refractivity contribution in [3.63, 3.8) is 0 Å². The van der Waals surface area contributed by atoms with E-state index in [9.17, 15) is 19.1 Å². The number of rotatable bonds is 7. The van der Waals surface area contributed by atoms with Crippen LogP contribution in [0.3, 0.4) is 0 Å². The highest BCUT2D eigenvalue weighted by molar-refractivity contribution is 7.99. The Bertz CT molecular complexity index is 560. The highest BCUT2D eigenvalue weighted by Gasteiger charge is 2.32. The van der Waals surface area contributed by atoms with Crippen molar-refractivity contribution in [2.24, 2.45) is 11.8 Å². The topological polar surface area (TPSA) is 75.6 Å². The first-order chi connectivity index (χ1) is 11.5. The van der Waals surface area contributed by atoms with Crippen molar-refractivity contribution in [3.8, 4) is 0 Å². The van der Waals surface area contributed by atoms with E-state index in [0.29, 0.717) is 19.0 Å². The van der Waals surface area contributed by atoms with E-state index in [-0.39, 0.29) is 23.6 Å². The van der Waals surface area contributed by atoms with Gasteiger partial charge < -0.3 is 15.2 Å². The summed E-state index contributed by atoms with van der Waals surface area (Å²) in [4.78, 5) is 24.6. The molecule has 0 aliphatic carbocycles. The van der Waals surface area contributed by atoms with Crippen molar-refractivity contribution in [2.75, 3.05) is 19.0 Å². The van der Waals surface area contributed by atoms with Gasteiger partial charge in [0.1, 0.15) is 11.9 Å². The van der Waals surface area contributed by atoms with Gasteiger partial charge in [-0.2, -0.15) is 0 Å². The second-order valence-electron chi connectivity index (χ2n) is 5.97. The number of halogens is 1. The van der Waals surface area contributed by atoms with Gasteiger partial charge in [0, 0.05) is 29.1 Å². The van der Waals surface area contributed by atoms with Crippen molar-refractivity contribution >= 4 is 23.6 Å². The van der Waals surface area contributed by atoms with Gasteiger partial charge >= 0.3 is 5.97 Å². The summed E-state index contributed by atoms with van der Waals surface area (Å²) in [5.74, 6) is -1.68. The molecule has 132 valence electrons. The number of carbonyl (C=O) groups excluding carboxylic acids is 1. The number of amides is 1. The predicted octanol–water partition coefficient (Wildman–Crippen LogP) is 2.55. The second kappa shape index (κ2) is 9.03. The number of carboxylic acids is 1. The molecule has 1 aromatic rings. The summed E-state index contributed by atoms with van der Waals surface area (Å²) >= 11 is 1.44. The van der Waals surface area contributed by atoms with E-state index < -0.39 is 12.0 Å². The molecule has 1 heterocycles. The van der Waals surface area contributed by atoms with Crippen LogP contribution in [0.1, 0.15) is 19.8 Å². The first kappa shape index (κ1) is 18.7. The molecular formula is C17H22FNO4S. The minimum Gasteiger partial charge on any atom is -0.480 e. The average molecular weight is 355 g/mol. The number of nitrogens with one attached hydrogen (secondary N) is 1. The summed E-state index contributed by atoms with van der Waals surface area (Å²) in [5.41, 5.74) is 0. The number of benzene rings is 1. The number of ether oxygens (including phenoxy) is 1. The van der Waals surface area contributed by atoms with Gasteiger partial charge in [0.15, 0.2) is 0 Å². The third-order valence-electron chi connectivity index (χ3n) is 3.99. The van der Waals surface area contributed by atoms with E-state index >= 15 is 0 Å². The second-order valence-corrected chi connectivity index (χ2v) is 7.06. The summed E-state index contributed by atoms with van der Waals surface area (Å²) in [7, 11) is 0. The van der Waals surface area contributed by atoms with Gasteiger partial charge in [0.2, 0.25) is 5.91 Å². The molecule has 1 aliphatic heterocycles. The molecule has 0 saturated carbocycles. The first-order valence-electron chi connectivity index (χ1n) is 7.96. The molecule has 1 amide bonds. The Balaban J connectivity index is 1.86. The lowest BCUT2D eigenvalue weighted by Gasteiger charge is -2.28. The van der Waals surface area contributed by atoms with Gasteiger partial charge in [-0.25, -0.2) is 9.18 Å². The summed E-state index contributed by atoms with van der Waals surface area (Å²) in [5, 5.41) is 12.0. The van der Waals surface area contributed by atoms with E-state index in [1.54, 1.807) is 19.1 Å². The predicted molar refractivity (Wildman–Crippen MR) is 89.4 cm³/mol. The zero-order valence-corrected chi connectivity index (χ0v) is 14.4. The quantitative estimate of drug-likeness (QED) is 0.735. The highest BCUT2D eigenvalue weighted by Crippen LogP contribution is 2.22. The fraction of sp³-hybridized carbons (Fsp3) is 0.529. The molecule has 1 fully saturated rings. The Morgan fingerprint density at radius 2 is 2.12 bits per heavy atom. The van der Waals surface area contributed by atoms with Crippen LogP contribution in [0.15, 0.2) is 29.2 Å². The molecule has 3 atom stereocenters. The molecule has 1 aromatic carbocycles. The Morgan fingerprint density at radius 1 is 1.42 bits per heavy atom. The van der Waals surface area contributed by atoms with Gasteiger partial charge in [-0.3, -0.25) is 4.79 Å². The monoisotopic (exact) mass is 355 g/mol. The molecule has 24 heavy (non-hydrogen) atoms. The minimum absolute atomic E-state index is 0.197. The van der Waals surface area contributed by atoms with Crippen LogP contribution >= 0.6 is 11.8 Å². The Kier molecular flexibility index (Phi) is 7.05. The van der Waals surface area contributed by atoms with Gasteiger partial charge in [-0.15, -0.1) is 11.8 Å². The molecule has 3 unspecified atom stereocenters. The molecule has 2 rings (SSSR count). The van der Waals surface area contributed by atoms with Gasteiger partial charge in [0.25, 0.3) is 0 Å². The SMILES string of the molecule is CC(CSc1ccc(F)cc1)C(=O)NC(C(=O)O)C1CCCOC1. The van der Waals surface area contributed by atoms with Crippen LogP contribution < -0.4 is 5.32 Å². The first-order valence-corrected chi connectivity index (χ1v) is 8.95. The van der Waals surface area contributed by atoms with Gasteiger partial charge in [0.05, 0.1) is 6.61 Å². The zero-order chi connectivity index (χ0) is 17.5. The fourth-order valence-electron chi connectivity index (χ4n) is 2.53.